The lowest BCUT2D eigenvalue weighted by Gasteiger charge is -2.38. The molecule has 1 nitrogen and oxygen atoms in total. The first kappa shape index (κ1) is 14.1. The maximum Gasteiger partial charge on any atom is 0.192 e. The molecule has 0 amide bonds. The molecule has 0 aliphatic carbocycles. The van der Waals surface area contributed by atoms with Gasteiger partial charge in [0, 0.05) is 10.7 Å². The minimum atomic E-state index is -1.57. The minimum absolute atomic E-state index is 0.301. The lowest BCUT2D eigenvalue weighted by atomic mass is 10.2. The van der Waals surface area contributed by atoms with E-state index < -0.39 is 8.32 Å². The van der Waals surface area contributed by atoms with Crippen LogP contribution >= 0.6 is 31.9 Å². The fourth-order valence-corrected chi connectivity index (χ4v) is 3.88. The molecule has 13 heavy (non-hydrogen) atoms. The zero-order valence-corrected chi connectivity index (χ0v) is 13.3. The van der Waals surface area contributed by atoms with Gasteiger partial charge in [0.25, 0.3) is 0 Å². The maximum absolute atomic E-state index is 6.15. The molecule has 0 atom stereocenters. The van der Waals surface area contributed by atoms with E-state index in [1.54, 1.807) is 0 Å². The van der Waals surface area contributed by atoms with Gasteiger partial charge in [-0.15, -0.1) is 0 Å². The van der Waals surface area contributed by atoms with Crippen LogP contribution in [0.3, 0.4) is 0 Å². The van der Waals surface area contributed by atoms with E-state index in [-0.39, 0.29) is 0 Å². The molecule has 4 heteroatoms. The standard InChI is InChI=1S/C9H20Br2OSi/c1-9(2,3)13(4,5)12-8(6-10)7-11/h8H,6-7H2,1-5H3. The van der Waals surface area contributed by atoms with Crippen LogP contribution in [0.5, 0.6) is 0 Å². The summed E-state index contributed by atoms with van der Waals surface area (Å²) in [6, 6.07) is 0. The monoisotopic (exact) mass is 330 g/mol. The van der Waals surface area contributed by atoms with Gasteiger partial charge < -0.3 is 4.43 Å². The van der Waals surface area contributed by atoms with E-state index in [9.17, 15) is 0 Å². The maximum atomic E-state index is 6.15. The van der Waals surface area contributed by atoms with E-state index in [2.05, 4.69) is 65.7 Å². The van der Waals surface area contributed by atoms with Gasteiger partial charge in [0.15, 0.2) is 8.32 Å². The van der Waals surface area contributed by atoms with Crippen LogP contribution in [0.1, 0.15) is 20.8 Å². The normalized spacial score (nSPS) is 13.8. The summed E-state index contributed by atoms with van der Waals surface area (Å²) in [7, 11) is -1.57. The SMILES string of the molecule is CC(C)(C)[Si](C)(C)OC(CBr)CBr. The Morgan fingerprint density at radius 1 is 1.15 bits per heavy atom. The number of rotatable bonds is 4. The first-order valence-corrected chi connectivity index (χ1v) is 9.69. The van der Waals surface area contributed by atoms with Gasteiger partial charge in [0.05, 0.1) is 6.10 Å². The van der Waals surface area contributed by atoms with Gasteiger partial charge in [-0.25, -0.2) is 0 Å². The predicted octanol–water partition coefficient (Wildman–Crippen LogP) is 4.17. The highest BCUT2D eigenvalue weighted by Crippen LogP contribution is 2.37. The molecule has 0 bridgehead atoms. The average Bonchev–Trinajstić information content (AvgIpc) is 1.98. The summed E-state index contributed by atoms with van der Waals surface area (Å²) in [5.41, 5.74) is 0. The van der Waals surface area contributed by atoms with Crippen LogP contribution in [-0.2, 0) is 4.43 Å². The molecule has 0 saturated carbocycles. The molecule has 0 fully saturated rings. The molecule has 80 valence electrons. The summed E-state index contributed by atoms with van der Waals surface area (Å²) >= 11 is 6.93. The Hall–Kier alpha value is 1.14. The van der Waals surface area contributed by atoms with Crippen LogP contribution < -0.4 is 0 Å². The van der Waals surface area contributed by atoms with E-state index in [0.29, 0.717) is 11.1 Å². The molecule has 0 unspecified atom stereocenters. The van der Waals surface area contributed by atoms with Crippen LogP contribution in [0.25, 0.3) is 0 Å². The van der Waals surface area contributed by atoms with Crippen molar-refractivity contribution in [2.24, 2.45) is 0 Å². The van der Waals surface area contributed by atoms with Crippen LogP contribution in [0.4, 0.5) is 0 Å². The van der Waals surface area contributed by atoms with Crippen molar-refractivity contribution in [1.82, 2.24) is 0 Å². The van der Waals surface area contributed by atoms with E-state index in [1.165, 1.54) is 0 Å². The van der Waals surface area contributed by atoms with E-state index in [4.69, 9.17) is 4.43 Å². The largest absolute Gasteiger partial charge is 0.412 e. The Kier molecular flexibility index (Phi) is 5.75. The molecule has 0 aromatic heterocycles. The molecule has 0 rings (SSSR count). The highest BCUT2D eigenvalue weighted by Gasteiger charge is 2.38. The first-order valence-electron chi connectivity index (χ1n) is 4.54. The van der Waals surface area contributed by atoms with Crippen LogP contribution in [0.2, 0.25) is 18.1 Å². The fourth-order valence-electron chi connectivity index (χ4n) is 0.698. The smallest absolute Gasteiger partial charge is 0.192 e. The highest BCUT2D eigenvalue weighted by molar-refractivity contribution is 9.09. The molecule has 0 heterocycles. The van der Waals surface area contributed by atoms with E-state index >= 15 is 0 Å². The van der Waals surface area contributed by atoms with Crippen molar-refractivity contribution < 1.29 is 4.43 Å². The van der Waals surface area contributed by atoms with Crippen LogP contribution in [0, 0.1) is 0 Å². The Balaban J connectivity index is 4.31. The molecule has 0 saturated heterocycles. The van der Waals surface area contributed by atoms with Gasteiger partial charge >= 0.3 is 0 Å². The summed E-state index contributed by atoms with van der Waals surface area (Å²) in [4.78, 5) is 0. The number of hydrogen-bond donors (Lipinski definition) is 0. The second-order valence-corrected chi connectivity index (χ2v) is 10.9. The molecule has 0 aromatic rings. The third-order valence-electron chi connectivity index (χ3n) is 2.61. The van der Waals surface area contributed by atoms with Gasteiger partial charge in [0.1, 0.15) is 0 Å². The molecule has 0 aliphatic rings. The fraction of sp³-hybridized carbons (Fsp3) is 1.00. The van der Waals surface area contributed by atoms with Crippen molar-refractivity contribution in [2.45, 2.75) is 45.0 Å². The zero-order chi connectivity index (χ0) is 10.7. The summed E-state index contributed by atoms with van der Waals surface area (Å²) in [5, 5.41) is 2.12. The van der Waals surface area contributed by atoms with Crippen molar-refractivity contribution in [3.8, 4) is 0 Å². The van der Waals surface area contributed by atoms with Gasteiger partial charge in [-0.05, 0) is 18.1 Å². The highest BCUT2D eigenvalue weighted by atomic mass is 79.9. The van der Waals surface area contributed by atoms with Gasteiger partial charge in [-0.2, -0.15) is 0 Å². The predicted molar refractivity (Wildman–Crippen MR) is 69.7 cm³/mol. The summed E-state index contributed by atoms with van der Waals surface area (Å²) < 4.78 is 6.15. The number of alkyl halides is 2. The van der Waals surface area contributed by atoms with Gasteiger partial charge in [-0.3, -0.25) is 0 Å². The number of hydrogen-bond acceptors (Lipinski definition) is 1. The molecule has 0 N–H and O–H groups in total. The van der Waals surface area contributed by atoms with Crippen molar-refractivity contribution in [3.05, 3.63) is 0 Å². The van der Waals surface area contributed by atoms with Crippen molar-refractivity contribution in [3.63, 3.8) is 0 Å². The quantitative estimate of drug-likeness (QED) is 0.555. The lowest BCUT2D eigenvalue weighted by molar-refractivity contribution is 0.228. The molecule has 0 aliphatic heterocycles. The zero-order valence-electron chi connectivity index (χ0n) is 9.16. The van der Waals surface area contributed by atoms with Gasteiger partial charge in [-0.1, -0.05) is 52.6 Å². The van der Waals surface area contributed by atoms with Crippen molar-refractivity contribution in [1.29, 1.82) is 0 Å². The Morgan fingerprint density at radius 2 is 1.54 bits per heavy atom. The summed E-state index contributed by atoms with van der Waals surface area (Å²) in [6.45, 7) is 11.4. The molecular weight excluding hydrogens is 312 g/mol. The minimum Gasteiger partial charge on any atom is -0.412 e. The van der Waals surface area contributed by atoms with Crippen LogP contribution in [0.15, 0.2) is 0 Å². The summed E-state index contributed by atoms with van der Waals surface area (Å²) in [6.07, 6.45) is 0.306. The van der Waals surface area contributed by atoms with E-state index in [0.717, 1.165) is 10.7 Å². The van der Waals surface area contributed by atoms with Crippen LogP contribution in [-0.4, -0.2) is 25.1 Å². The molecule has 0 spiro atoms. The topological polar surface area (TPSA) is 9.23 Å². The number of halogens is 2. The Bertz CT molecular complexity index is 150. The molecule has 0 radical (unpaired) electrons. The van der Waals surface area contributed by atoms with Crippen molar-refractivity contribution >= 4 is 40.2 Å². The van der Waals surface area contributed by atoms with Crippen molar-refractivity contribution in [2.75, 3.05) is 10.7 Å². The molecule has 0 aromatic carbocycles. The first-order chi connectivity index (χ1) is 5.74. The Labute approximate surface area is 100 Å². The lowest BCUT2D eigenvalue weighted by Crippen LogP contribution is -2.44. The second kappa shape index (κ2) is 5.28. The third-order valence-corrected chi connectivity index (χ3v) is 8.59. The second-order valence-electron chi connectivity index (χ2n) is 4.81. The van der Waals surface area contributed by atoms with Gasteiger partial charge in [0.2, 0.25) is 0 Å². The average molecular weight is 332 g/mol. The Morgan fingerprint density at radius 3 is 1.77 bits per heavy atom. The summed E-state index contributed by atoms with van der Waals surface area (Å²) in [5.74, 6) is 0. The molecular formula is C9H20Br2OSi. The third kappa shape index (κ3) is 4.45. The van der Waals surface area contributed by atoms with E-state index in [1.807, 2.05) is 0 Å².